The maximum absolute atomic E-state index is 5.74. The van der Waals surface area contributed by atoms with Gasteiger partial charge in [-0.1, -0.05) is 15.9 Å². The Hall–Kier alpha value is -0.440. The number of aromatic nitrogens is 1. The highest BCUT2D eigenvalue weighted by Crippen LogP contribution is 2.30. The Morgan fingerprint density at radius 3 is 3.11 bits per heavy atom. The summed E-state index contributed by atoms with van der Waals surface area (Å²) in [5.74, 6) is 1.45. The summed E-state index contributed by atoms with van der Waals surface area (Å²) in [6, 6.07) is 6.11. The Balaban J connectivity index is 2.06. The third-order valence-electron chi connectivity index (χ3n) is 2.51. The van der Waals surface area contributed by atoms with Gasteiger partial charge in [0, 0.05) is 27.3 Å². The van der Waals surface area contributed by atoms with Crippen molar-refractivity contribution >= 4 is 38.5 Å². The first-order valence-electron chi connectivity index (χ1n) is 5.80. The van der Waals surface area contributed by atoms with Crippen molar-refractivity contribution in [2.75, 3.05) is 20.3 Å². The molecule has 0 saturated carbocycles. The molecular weight excluding hydrogens is 423 g/mol. The fraction of sp³-hybridized carbons (Fsp3) is 0.308. The molecule has 0 fully saturated rings. The van der Waals surface area contributed by atoms with Crippen molar-refractivity contribution in [3.8, 4) is 11.3 Å². The van der Waals surface area contributed by atoms with Crippen molar-refractivity contribution in [2.45, 2.75) is 6.54 Å². The molecule has 6 heteroatoms. The smallest absolute Gasteiger partial charge is 0.208 e. The number of benzene rings is 1. The normalized spacial score (nSPS) is 10.9. The molecule has 0 aliphatic heterocycles. The van der Waals surface area contributed by atoms with Gasteiger partial charge in [0.1, 0.15) is 0 Å². The Labute approximate surface area is 134 Å². The molecule has 1 heterocycles. The average molecular weight is 437 g/mol. The number of halogens is 2. The number of oxazole rings is 1. The topological polar surface area (TPSA) is 47.3 Å². The van der Waals surface area contributed by atoms with Gasteiger partial charge < -0.3 is 14.5 Å². The van der Waals surface area contributed by atoms with Crippen molar-refractivity contribution in [1.29, 1.82) is 0 Å². The van der Waals surface area contributed by atoms with Crippen molar-refractivity contribution in [2.24, 2.45) is 0 Å². The maximum atomic E-state index is 5.74. The van der Waals surface area contributed by atoms with Gasteiger partial charge >= 0.3 is 0 Å². The molecule has 1 aromatic heterocycles. The molecule has 1 N–H and O–H groups in total. The lowest BCUT2D eigenvalue weighted by atomic mass is 10.2. The van der Waals surface area contributed by atoms with Crippen LogP contribution in [0.1, 0.15) is 5.89 Å². The van der Waals surface area contributed by atoms with E-state index in [1.807, 2.05) is 12.1 Å². The monoisotopic (exact) mass is 436 g/mol. The molecule has 0 aliphatic rings. The Kier molecular flexibility index (Phi) is 5.80. The molecule has 4 nitrogen and oxygen atoms in total. The number of methoxy groups -OCH3 is 1. The van der Waals surface area contributed by atoms with Crippen LogP contribution in [0.4, 0.5) is 0 Å². The van der Waals surface area contributed by atoms with E-state index in [0.29, 0.717) is 19.0 Å². The second-order valence-electron chi connectivity index (χ2n) is 3.91. The number of nitrogens with one attached hydrogen (secondary N) is 1. The summed E-state index contributed by atoms with van der Waals surface area (Å²) in [4.78, 5) is 4.27. The van der Waals surface area contributed by atoms with Crippen LogP contribution in [0.2, 0.25) is 0 Å². The molecule has 0 atom stereocenters. The van der Waals surface area contributed by atoms with Crippen molar-refractivity contribution < 1.29 is 9.15 Å². The maximum Gasteiger partial charge on any atom is 0.208 e. The Morgan fingerprint density at radius 1 is 1.47 bits per heavy atom. The number of ether oxygens (including phenoxy) is 1. The molecule has 0 aliphatic carbocycles. The quantitative estimate of drug-likeness (QED) is 0.556. The molecule has 0 unspecified atom stereocenters. The second kappa shape index (κ2) is 7.37. The van der Waals surface area contributed by atoms with Crippen LogP contribution in [0.5, 0.6) is 0 Å². The number of hydrogen-bond acceptors (Lipinski definition) is 4. The van der Waals surface area contributed by atoms with Crippen LogP contribution in [0.25, 0.3) is 11.3 Å². The van der Waals surface area contributed by atoms with E-state index in [1.54, 1.807) is 13.3 Å². The predicted octanol–water partition coefficient (Wildman–Crippen LogP) is 3.44. The molecule has 1 aromatic carbocycles. The highest BCUT2D eigenvalue weighted by molar-refractivity contribution is 14.1. The minimum Gasteiger partial charge on any atom is -0.439 e. The van der Waals surface area contributed by atoms with Crippen LogP contribution in [0.3, 0.4) is 0 Å². The summed E-state index contributed by atoms with van der Waals surface area (Å²) in [6.07, 6.45) is 1.75. The van der Waals surface area contributed by atoms with E-state index in [4.69, 9.17) is 9.15 Å². The second-order valence-corrected chi connectivity index (χ2v) is 6.01. The van der Waals surface area contributed by atoms with Crippen LogP contribution in [0.15, 0.2) is 33.3 Å². The van der Waals surface area contributed by atoms with Gasteiger partial charge in [0.2, 0.25) is 5.89 Å². The number of hydrogen-bond donors (Lipinski definition) is 1. The molecular formula is C13H14BrIN2O2. The predicted molar refractivity (Wildman–Crippen MR) is 85.9 cm³/mol. The molecule has 0 amide bonds. The summed E-state index contributed by atoms with van der Waals surface area (Å²) < 4.78 is 12.9. The van der Waals surface area contributed by atoms with Gasteiger partial charge in [0.15, 0.2) is 5.76 Å². The summed E-state index contributed by atoms with van der Waals surface area (Å²) in [6.45, 7) is 2.06. The molecule has 0 spiro atoms. The minimum atomic E-state index is 0.602. The van der Waals surface area contributed by atoms with Crippen LogP contribution in [-0.4, -0.2) is 25.2 Å². The third-order valence-corrected chi connectivity index (χ3v) is 3.87. The van der Waals surface area contributed by atoms with E-state index in [9.17, 15) is 0 Å². The lowest BCUT2D eigenvalue weighted by Crippen LogP contribution is -2.18. The van der Waals surface area contributed by atoms with Gasteiger partial charge in [0.25, 0.3) is 0 Å². The third kappa shape index (κ3) is 4.27. The molecule has 0 saturated heterocycles. The van der Waals surface area contributed by atoms with E-state index < -0.39 is 0 Å². The highest BCUT2D eigenvalue weighted by atomic mass is 127. The fourth-order valence-electron chi connectivity index (χ4n) is 1.57. The van der Waals surface area contributed by atoms with Crippen LogP contribution in [-0.2, 0) is 11.3 Å². The molecule has 0 bridgehead atoms. The van der Waals surface area contributed by atoms with Gasteiger partial charge in [-0.3, -0.25) is 0 Å². The summed E-state index contributed by atoms with van der Waals surface area (Å²) in [7, 11) is 1.68. The lowest BCUT2D eigenvalue weighted by molar-refractivity contribution is 0.198. The standard InChI is InChI=1S/C13H14BrIN2O2/c1-18-5-4-16-8-13-17-7-12(19-13)10-6-9(15)2-3-11(10)14/h2-3,6-7,16H,4-5,8H2,1H3. The minimum absolute atomic E-state index is 0.602. The molecule has 102 valence electrons. The van der Waals surface area contributed by atoms with E-state index in [1.165, 1.54) is 0 Å². The Bertz CT molecular complexity index is 545. The fourth-order valence-corrected chi connectivity index (χ4v) is 2.51. The average Bonchev–Trinajstić information content (AvgIpc) is 2.86. The van der Waals surface area contributed by atoms with Crippen molar-refractivity contribution in [3.63, 3.8) is 0 Å². The highest BCUT2D eigenvalue weighted by Gasteiger charge is 2.10. The van der Waals surface area contributed by atoms with Gasteiger partial charge in [-0.2, -0.15) is 0 Å². The summed E-state index contributed by atoms with van der Waals surface area (Å²) in [5, 5.41) is 3.20. The van der Waals surface area contributed by atoms with Gasteiger partial charge in [0.05, 0.1) is 19.3 Å². The molecule has 0 radical (unpaired) electrons. The van der Waals surface area contributed by atoms with E-state index in [2.05, 4.69) is 54.9 Å². The van der Waals surface area contributed by atoms with Crippen molar-refractivity contribution in [1.82, 2.24) is 10.3 Å². The zero-order chi connectivity index (χ0) is 13.7. The number of rotatable bonds is 6. The molecule has 2 aromatic rings. The summed E-state index contributed by atoms with van der Waals surface area (Å²) >= 11 is 5.80. The first-order valence-corrected chi connectivity index (χ1v) is 7.67. The van der Waals surface area contributed by atoms with Gasteiger partial charge in [-0.05, 0) is 40.8 Å². The van der Waals surface area contributed by atoms with Gasteiger partial charge in [-0.15, -0.1) is 0 Å². The van der Waals surface area contributed by atoms with Crippen LogP contribution >= 0.6 is 38.5 Å². The molecule has 19 heavy (non-hydrogen) atoms. The van der Waals surface area contributed by atoms with E-state index in [0.717, 1.165) is 25.9 Å². The first kappa shape index (κ1) is 15.0. The molecule has 2 rings (SSSR count). The summed E-state index contributed by atoms with van der Waals surface area (Å²) in [5.41, 5.74) is 1.02. The van der Waals surface area contributed by atoms with Gasteiger partial charge in [-0.25, -0.2) is 4.98 Å². The first-order chi connectivity index (χ1) is 9.20. The van der Waals surface area contributed by atoms with E-state index in [-0.39, 0.29) is 0 Å². The number of nitrogens with zero attached hydrogens (tertiary/aromatic N) is 1. The van der Waals surface area contributed by atoms with Crippen LogP contribution in [0, 0.1) is 3.57 Å². The largest absolute Gasteiger partial charge is 0.439 e. The lowest BCUT2D eigenvalue weighted by Gasteiger charge is -2.02. The Morgan fingerprint density at radius 2 is 2.32 bits per heavy atom. The van der Waals surface area contributed by atoms with Crippen LogP contribution < -0.4 is 5.32 Å². The van der Waals surface area contributed by atoms with Crippen molar-refractivity contribution in [3.05, 3.63) is 38.3 Å². The zero-order valence-corrected chi connectivity index (χ0v) is 14.2. The SMILES string of the molecule is COCCNCc1ncc(-c2cc(I)ccc2Br)o1. The zero-order valence-electron chi connectivity index (χ0n) is 10.5. The van der Waals surface area contributed by atoms with E-state index >= 15 is 0 Å².